The molecule has 0 aliphatic rings. The summed E-state index contributed by atoms with van der Waals surface area (Å²) in [6.07, 6.45) is 0.669. The van der Waals surface area contributed by atoms with Crippen molar-refractivity contribution in [1.82, 2.24) is 4.57 Å². The minimum absolute atomic E-state index is 0.0577. The summed E-state index contributed by atoms with van der Waals surface area (Å²) in [5, 5.41) is 0. The molecule has 0 atom stereocenters. The number of carbonyl (C=O) groups is 1. The molecule has 1 N–H and O–H groups in total. The SMILES string of the molecule is CCCOC(=O)Cn1c(=O)oc2cc(S(=O)(=O)Nc3ccccc3C)ccc21. The number of esters is 1. The Hall–Kier alpha value is -3.07. The summed E-state index contributed by atoms with van der Waals surface area (Å²) in [5.41, 5.74) is 1.62. The van der Waals surface area contributed by atoms with Crippen LogP contribution in [-0.2, 0) is 26.1 Å². The first kappa shape index (κ1) is 19.7. The lowest BCUT2D eigenvalue weighted by Gasteiger charge is -2.10. The Labute approximate surface area is 161 Å². The summed E-state index contributed by atoms with van der Waals surface area (Å²) in [6.45, 7) is 3.60. The maximum absolute atomic E-state index is 12.7. The number of rotatable bonds is 7. The van der Waals surface area contributed by atoms with Crippen LogP contribution in [0.25, 0.3) is 11.1 Å². The summed E-state index contributed by atoms with van der Waals surface area (Å²) in [6, 6.07) is 11.0. The smallest absolute Gasteiger partial charge is 0.420 e. The summed E-state index contributed by atoms with van der Waals surface area (Å²) >= 11 is 0. The molecule has 28 heavy (non-hydrogen) atoms. The molecule has 2 aromatic carbocycles. The molecule has 0 fully saturated rings. The largest absolute Gasteiger partial charge is 0.464 e. The third kappa shape index (κ3) is 4.09. The van der Waals surface area contributed by atoms with Crippen LogP contribution in [-0.4, -0.2) is 25.6 Å². The van der Waals surface area contributed by atoms with Gasteiger partial charge in [0.25, 0.3) is 10.0 Å². The van der Waals surface area contributed by atoms with E-state index in [2.05, 4.69) is 4.72 Å². The number of aryl methyl sites for hydroxylation is 1. The van der Waals surface area contributed by atoms with Gasteiger partial charge in [0.15, 0.2) is 5.58 Å². The first-order valence-corrected chi connectivity index (χ1v) is 10.2. The Bertz CT molecular complexity index is 1180. The zero-order chi connectivity index (χ0) is 20.3. The summed E-state index contributed by atoms with van der Waals surface area (Å²) in [5.74, 6) is -1.32. The quantitative estimate of drug-likeness (QED) is 0.607. The van der Waals surface area contributed by atoms with Gasteiger partial charge in [-0.2, -0.15) is 0 Å². The number of nitrogens with one attached hydrogen (secondary N) is 1. The molecule has 1 aromatic heterocycles. The number of hydrogen-bond donors (Lipinski definition) is 1. The lowest BCUT2D eigenvalue weighted by Crippen LogP contribution is -2.21. The number of benzene rings is 2. The molecule has 0 aliphatic heterocycles. The Balaban J connectivity index is 1.92. The molecule has 0 saturated carbocycles. The summed E-state index contributed by atoms with van der Waals surface area (Å²) < 4.78 is 39.1. The lowest BCUT2D eigenvalue weighted by molar-refractivity contribution is -0.144. The Morgan fingerprint density at radius 1 is 1.21 bits per heavy atom. The molecule has 0 radical (unpaired) electrons. The maximum atomic E-state index is 12.7. The van der Waals surface area contributed by atoms with E-state index in [9.17, 15) is 18.0 Å². The number of nitrogens with zero attached hydrogens (tertiary/aromatic N) is 1. The van der Waals surface area contributed by atoms with Crippen molar-refractivity contribution in [2.24, 2.45) is 0 Å². The number of aromatic nitrogens is 1. The van der Waals surface area contributed by atoms with Gasteiger partial charge in [0.1, 0.15) is 6.54 Å². The van der Waals surface area contributed by atoms with Crippen molar-refractivity contribution in [2.45, 2.75) is 31.7 Å². The zero-order valence-corrected chi connectivity index (χ0v) is 16.3. The van der Waals surface area contributed by atoms with Crippen molar-refractivity contribution in [3.8, 4) is 0 Å². The van der Waals surface area contributed by atoms with Crippen LogP contribution in [0.3, 0.4) is 0 Å². The number of hydrogen-bond acceptors (Lipinski definition) is 6. The Morgan fingerprint density at radius 3 is 2.68 bits per heavy atom. The van der Waals surface area contributed by atoms with Crippen molar-refractivity contribution >= 4 is 32.8 Å². The highest BCUT2D eigenvalue weighted by atomic mass is 32.2. The molecular formula is C19H20N2O6S. The highest BCUT2D eigenvalue weighted by Gasteiger charge is 2.19. The van der Waals surface area contributed by atoms with Gasteiger partial charge in [-0.05, 0) is 37.1 Å². The van der Waals surface area contributed by atoms with Gasteiger partial charge in [-0.1, -0.05) is 25.1 Å². The number of sulfonamides is 1. The van der Waals surface area contributed by atoms with Gasteiger partial charge in [0.2, 0.25) is 0 Å². The molecule has 3 rings (SSSR count). The van der Waals surface area contributed by atoms with Crippen LogP contribution in [0.1, 0.15) is 18.9 Å². The van der Waals surface area contributed by atoms with E-state index in [1.165, 1.54) is 18.2 Å². The van der Waals surface area contributed by atoms with Crippen LogP contribution in [0, 0.1) is 6.92 Å². The van der Waals surface area contributed by atoms with Crippen molar-refractivity contribution in [1.29, 1.82) is 0 Å². The highest BCUT2D eigenvalue weighted by molar-refractivity contribution is 7.92. The second-order valence-corrected chi connectivity index (χ2v) is 7.91. The fraction of sp³-hybridized carbons (Fsp3) is 0.263. The minimum Gasteiger partial charge on any atom is -0.464 e. The second kappa shape index (κ2) is 7.89. The highest BCUT2D eigenvalue weighted by Crippen LogP contribution is 2.22. The number of fused-ring (bicyclic) bond motifs is 1. The number of para-hydroxylation sites is 1. The van der Waals surface area contributed by atoms with Crippen LogP contribution in [0.5, 0.6) is 0 Å². The number of ether oxygens (including phenoxy) is 1. The predicted octanol–water partition coefficient (Wildman–Crippen LogP) is 2.66. The normalized spacial score (nSPS) is 11.5. The van der Waals surface area contributed by atoms with Gasteiger partial charge in [-0.15, -0.1) is 0 Å². The first-order chi connectivity index (χ1) is 13.3. The van der Waals surface area contributed by atoms with E-state index in [4.69, 9.17) is 9.15 Å². The van der Waals surface area contributed by atoms with Crippen molar-refractivity contribution < 1.29 is 22.4 Å². The second-order valence-electron chi connectivity index (χ2n) is 6.22. The average molecular weight is 404 g/mol. The molecule has 0 aliphatic carbocycles. The van der Waals surface area contributed by atoms with Crippen molar-refractivity contribution in [2.75, 3.05) is 11.3 Å². The number of anilines is 1. The van der Waals surface area contributed by atoms with Gasteiger partial charge < -0.3 is 9.15 Å². The number of carbonyl (C=O) groups excluding carboxylic acids is 1. The molecule has 3 aromatic rings. The van der Waals surface area contributed by atoms with Crippen LogP contribution < -0.4 is 10.5 Å². The van der Waals surface area contributed by atoms with E-state index in [1.54, 1.807) is 25.1 Å². The van der Waals surface area contributed by atoms with Gasteiger partial charge in [0, 0.05) is 6.07 Å². The molecule has 148 valence electrons. The Kier molecular flexibility index (Phi) is 5.55. The molecular weight excluding hydrogens is 384 g/mol. The van der Waals surface area contributed by atoms with Crippen LogP contribution in [0.4, 0.5) is 5.69 Å². The minimum atomic E-state index is -3.88. The molecule has 0 spiro atoms. The van der Waals surface area contributed by atoms with Gasteiger partial charge >= 0.3 is 11.7 Å². The first-order valence-electron chi connectivity index (χ1n) is 8.69. The van der Waals surface area contributed by atoms with Crippen LogP contribution in [0.2, 0.25) is 0 Å². The molecule has 1 heterocycles. The molecule has 0 bridgehead atoms. The van der Waals surface area contributed by atoms with Crippen LogP contribution in [0.15, 0.2) is 56.6 Å². The van der Waals surface area contributed by atoms with E-state index in [0.717, 1.165) is 10.1 Å². The maximum Gasteiger partial charge on any atom is 0.420 e. The topological polar surface area (TPSA) is 108 Å². The third-order valence-electron chi connectivity index (χ3n) is 4.09. The molecule has 8 nitrogen and oxygen atoms in total. The standard InChI is InChI=1S/C19H20N2O6S/c1-3-10-26-18(22)12-21-16-9-8-14(11-17(16)27-19(21)23)28(24,25)20-15-7-5-4-6-13(15)2/h4-9,11,20H,3,10,12H2,1-2H3. The Morgan fingerprint density at radius 2 is 1.96 bits per heavy atom. The summed E-state index contributed by atoms with van der Waals surface area (Å²) in [4.78, 5) is 23.8. The van der Waals surface area contributed by atoms with E-state index < -0.39 is 21.7 Å². The van der Waals surface area contributed by atoms with E-state index in [-0.39, 0.29) is 23.6 Å². The molecule has 0 unspecified atom stereocenters. The monoisotopic (exact) mass is 404 g/mol. The van der Waals surface area contributed by atoms with E-state index >= 15 is 0 Å². The van der Waals surface area contributed by atoms with Crippen molar-refractivity contribution in [3.05, 3.63) is 58.6 Å². The summed E-state index contributed by atoms with van der Waals surface area (Å²) in [7, 11) is -3.88. The van der Waals surface area contributed by atoms with E-state index in [1.807, 2.05) is 13.0 Å². The molecule has 9 heteroatoms. The van der Waals surface area contributed by atoms with Gasteiger partial charge in [0.05, 0.1) is 22.7 Å². The zero-order valence-electron chi connectivity index (χ0n) is 15.5. The third-order valence-corrected chi connectivity index (χ3v) is 5.46. The predicted molar refractivity (Wildman–Crippen MR) is 104 cm³/mol. The molecule has 0 saturated heterocycles. The van der Waals surface area contributed by atoms with Gasteiger partial charge in [-0.3, -0.25) is 14.1 Å². The number of oxazole rings is 1. The van der Waals surface area contributed by atoms with E-state index in [0.29, 0.717) is 17.6 Å². The fourth-order valence-electron chi connectivity index (χ4n) is 2.65. The average Bonchev–Trinajstić information content (AvgIpc) is 2.96. The fourth-order valence-corrected chi connectivity index (χ4v) is 3.79. The van der Waals surface area contributed by atoms with Gasteiger partial charge in [-0.25, -0.2) is 13.2 Å². The van der Waals surface area contributed by atoms with Crippen LogP contribution >= 0.6 is 0 Å². The lowest BCUT2D eigenvalue weighted by atomic mass is 10.2. The van der Waals surface area contributed by atoms with Crippen molar-refractivity contribution in [3.63, 3.8) is 0 Å². The molecule has 0 amide bonds.